The zero-order chi connectivity index (χ0) is 18.6. The van der Waals surface area contributed by atoms with Crippen molar-refractivity contribution in [3.8, 4) is 0 Å². The number of carbonyl (C=O) groups excluding carboxylic acids is 1. The van der Waals surface area contributed by atoms with Crippen LogP contribution in [0.15, 0.2) is 12.2 Å². The molecule has 0 aromatic carbocycles. The van der Waals surface area contributed by atoms with Gasteiger partial charge in [0.15, 0.2) is 0 Å². The standard InChI is InChI=1S/C15H22N2O9/c1-15(13(18)19)6-5-11(25-14(20)26-17-23-9-10-24-17)3-2-4-12(15)16-21-7-8-22-16/h2-3,11-12H,4-10H2,1H3,(H,18,19)/b3-2+. The van der Waals surface area contributed by atoms with Gasteiger partial charge in [-0.25, -0.2) is 14.5 Å². The molecule has 2 aliphatic heterocycles. The second-order valence-corrected chi connectivity index (χ2v) is 6.28. The van der Waals surface area contributed by atoms with Crippen LogP contribution in [-0.4, -0.2) is 66.4 Å². The van der Waals surface area contributed by atoms with Crippen molar-refractivity contribution in [2.75, 3.05) is 26.4 Å². The second kappa shape index (κ2) is 8.29. The van der Waals surface area contributed by atoms with Crippen LogP contribution in [0.2, 0.25) is 0 Å². The maximum Gasteiger partial charge on any atom is 0.532 e. The molecule has 11 heteroatoms. The molecule has 0 aromatic heterocycles. The minimum atomic E-state index is -1.15. The van der Waals surface area contributed by atoms with E-state index in [9.17, 15) is 14.7 Å². The first-order valence-electron chi connectivity index (χ1n) is 8.39. The molecule has 26 heavy (non-hydrogen) atoms. The smallest absolute Gasteiger partial charge is 0.481 e. The number of hydrogen-bond acceptors (Lipinski definition) is 10. The highest BCUT2D eigenvalue weighted by atomic mass is 17.2. The molecule has 0 bridgehead atoms. The molecule has 2 heterocycles. The molecular formula is C15H22N2O9. The van der Waals surface area contributed by atoms with Crippen molar-refractivity contribution < 1.29 is 43.6 Å². The molecule has 0 radical (unpaired) electrons. The molecule has 2 saturated heterocycles. The van der Waals surface area contributed by atoms with E-state index in [0.29, 0.717) is 31.4 Å². The van der Waals surface area contributed by atoms with Gasteiger partial charge in [0.2, 0.25) is 0 Å². The number of nitrogens with zero attached hydrogens (tertiary/aromatic N) is 2. The molecule has 3 aliphatic rings. The largest absolute Gasteiger partial charge is 0.532 e. The Balaban J connectivity index is 1.63. The predicted octanol–water partition coefficient (Wildman–Crippen LogP) is 0.980. The van der Waals surface area contributed by atoms with Crippen molar-refractivity contribution in [3.05, 3.63) is 12.2 Å². The van der Waals surface area contributed by atoms with Gasteiger partial charge in [-0.05, 0) is 32.3 Å². The molecule has 0 saturated carbocycles. The molecule has 3 rings (SSSR count). The van der Waals surface area contributed by atoms with E-state index >= 15 is 0 Å². The number of carboxylic acid groups (broad SMARTS) is 1. The first-order chi connectivity index (χ1) is 12.5. The van der Waals surface area contributed by atoms with Crippen molar-refractivity contribution >= 4 is 12.1 Å². The third-order valence-electron chi connectivity index (χ3n) is 4.53. The van der Waals surface area contributed by atoms with Crippen LogP contribution in [0.3, 0.4) is 0 Å². The molecule has 1 N–H and O–H groups in total. The lowest BCUT2D eigenvalue weighted by molar-refractivity contribution is -0.460. The zero-order valence-corrected chi connectivity index (χ0v) is 14.4. The third-order valence-corrected chi connectivity index (χ3v) is 4.53. The van der Waals surface area contributed by atoms with E-state index in [1.165, 1.54) is 5.23 Å². The molecule has 2 fully saturated rings. The quantitative estimate of drug-likeness (QED) is 0.560. The molecule has 146 valence electrons. The monoisotopic (exact) mass is 374 g/mol. The third kappa shape index (κ3) is 4.31. The average Bonchev–Trinajstić information content (AvgIpc) is 3.27. The van der Waals surface area contributed by atoms with Crippen LogP contribution in [-0.2, 0) is 33.7 Å². The Morgan fingerprint density at radius 3 is 2.46 bits per heavy atom. The molecular weight excluding hydrogens is 352 g/mol. The number of carboxylic acids is 1. The SMILES string of the molecule is CC1(C(=O)O)CCC(OC(=O)ON2OCCO2)/C=C/CC1N1OCCO1. The van der Waals surface area contributed by atoms with E-state index < -0.39 is 29.7 Å². The fourth-order valence-electron chi connectivity index (χ4n) is 2.98. The van der Waals surface area contributed by atoms with Crippen LogP contribution in [0.1, 0.15) is 26.2 Å². The molecule has 3 unspecified atom stereocenters. The van der Waals surface area contributed by atoms with Crippen LogP contribution in [0.4, 0.5) is 4.79 Å². The van der Waals surface area contributed by atoms with Gasteiger partial charge in [0.25, 0.3) is 0 Å². The molecule has 1 aliphatic carbocycles. The summed E-state index contributed by atoms with van der Waals surface area (Å²) in [6.07, 6.45) is 2.70. The van der Waals surface area contributed by atoms with E-state index in [4.69, 9.17) is 28.9 Å². The fourth-order valence-corrected chi connectivity index (χ4v) is 2.98. The van der Waals surface area contributed by atoms with Crippen molar-refractivity contribution in [1.82, 2.24) is 10.6 Å². The topological polar surface area (TPSA) is 116 Å². The van der Waals surface area contributed by atoms with E-state index in [1.807, 2.05) is 0 Å². The van der Waals surface area contributed by atoms with Crippen LogP contribution in [0.25, 0.3) is 0 Å². The molecule has 0 spiro atoms. The van der Waals surface area contributed by atoms with Crippen LogP contribution in [0.5, 0.6) is 0 Å². The Kier molecular flexibility index (Phi) is 6.06. The number of aliphatic carboxylic acids is 1. The minimum Gasteiger partial charge on any atom is -0.481 e. The van der Waals surface area contributed by atoms with Gasteiger partial charge in [0.1, 0.15) is 24.7 Å². The summed E-state index contributed by atoms with van der Waals surface area (Å²) < 4.78 is 5.20. The highest BCUT2D eigenvalue weighted by Crippen LogP contribution is 2.37. The van der Waals surface area contributed by atoms with E-state index in [-0.39, 0.29) is 19.6 Å². The number of ether oxygens (including phenoxy) is 1. The first kappa shape index (κ1) is 19.0. The highest BCUT2D eigenvalue weighted by Gasteiger charge is 2.47. The lowest BCUT2D eigenvalue weighted by Crippen LogP contribution is -2.49. The Hall–Kier alpha value is -1.76. The molecule has 0 amide bonds. The summed E-state index contributed by atoms with van der Waals surface area (Å²) in [6, 6.07) is -0.502. The summed E-state index contributed by atoms with van der Waals surface area (Å²) in [7, 11) is 0. The maximum absolute atomic E-state index is 11.9. The molecule has 3 atom stereocenters. The van der Waals surface area contributed by atoms with Crippen molar-refractivity contribution in [3.63, 3.8) is 0 Å². The Bertz CT molecular complexity index is 545. The summed E-state index contributed by atoms with van der Waals surface area (Å²) in [6.45, 7) is 2.94. The van der Waals surface area contributed by atoms with Gasteiger partial charge in [0.05, 0.1) is 24.7 Å². The van der Waals surface area contributed by atoms with Gasteiger partial charge in [-0.15, -0.1) is 0 Å². The van der Waals surface area contributed by atoms with Crippen LogP contribution >= 0.6 is 0 Å². The lowest BCUT2D eigenvalue weighted by atomic mass is 9.75. The van der Waals surface area contributed by atoms with Crippen molar-refractivity contribution in [2.45, 2.75) is 38.3 Å². The summed E-state index contributed by atoms with van der Waals surface area (Å²) in [5.41, 5.74) is -1.15. The predicted molar refractivity (Wildman–Crippen MR) is 81.4 cm³/mol. The normalized spacial score (nSPS) is 34.8. The second-order valence-electron chi connectivity index (χ2n) is 6.28. The van der Waals surface area contributed by atoms with Crippen molar-refractivity contribution in [2.24, 2.45) is 5.41 Å². The Morgan fingerprint density at radius 1 is 1.15 bits per heavy atom. The van der Waals surface area contributed by atoms with Gasteiger partial charge >= 0.3 is 12.1 Å². The summed E-state index contributed by atoms with van der Waals surface area (Å²) in [5.74, 6) is -0.975. The van der Waals surface area contributed by atoms with E-state index in [2.05, 4.69) is 0 Å². The number of rotatable bonds is 4. The van der Waals surface area contributed by atoms with Crippen molar-refractivity contribution in [1.29, 1.82) is 0 Å². The Labute approximate surface area is 149 Å². The molecule has 11 nitrogen and oxygen atoms in total. The first-order valence-corrected chi connectivity index (χ1v) is 8.39. The number of hydroxylamine groups is 2. The Morgan fingerprint density at radius 2 is 1.81 bits per heavy atom. The number of carbonyl (C=O) groups is 2. The maximum atomic E-state index is 11.9. The number of hydrogen-bond donors (Lipinski definition) is 1. The van der Waals surface area contributed by atoms with Crippen LogP contribution in [0, 0.1) is 5.41 Å². The summed E-state index contributed by atoms with van der Waals surface area (Å²) >= 11 is 0. The fraction of sp³-hybridized carbons (Fsp3) is 0.733. The lowest BCUT2D eigenvalue weighted by Gasteiger charge is -2.38. The van der Waals surface area contributed by atoms with Gasteiger partial charge in [0, 0.05) is 0 Å². The average molecular weight is 374 g/mol. The van der Waals surface area contributed by atoms with Gasteiger partial charge in [-0.3, -0.25) is 19.3 Å². The minimum absolute atomic E-state index is 0.245. The van der Waals surface area contributed by atoms with Gasteiger partial charge in [-0.2, -0.15) is 0 Å². The van der Waals surface area contributed by atoms with E-state index in [1.54, 1.807) is 19.1 Å². The zero-order valence-electron chi connectivity index (χ0n) is 14.4. The van der Waals surface area contributed by atoms with Gasteiger partial charge in [-0.1, -0.05) is 11.3 Å². The highest BCUT2D eigenvalue weighted by molar-refractivity contribution is 5.75. The molecule has 0 aromatic rings. The van der Waals surface area contributed by atoms with Gasteiger partial charge < -0.3 is 9.84 Å². The summed E-state index contributed by atoms with van der Waals surface area (Å²) in [5, 5.41) is 11.6. The van der Waals surface area contributed by atoms with Crippen LogP contribution < -0.4 is 0 Å². The van der Waals surface area contributed by atoms with E-state index in [0.717, 1.165) is 0 Å². The summed E-state index contributed by atoms with van der Waals surface area (Å²) in [4.78, 5) is 48.9.